The summed E-state index contributed by atoms with van der Waals surface area (Å²) in [5.41, 5.74) is -7.94. The summed E-state index contributed by atoms with van der Waals surface area (Å²) < 4.78 is 140. The molecule has 55 heavy (non-hydrogen) atoms. The van der Waals surface area contributed by atoms with E-state index in [1.165, 1.54) is 75.5 Å². The lowest BCUT2D eigenvalue weighted by molar-refractivity contribution is -0.0503. The van der Waals surface area contributed by atoms with E-state index in [4.69, 9.17) is 0 Å². The topological polar surface area (TPSA) is 141 Å². The molecule has 8 aliphatic carbocycles. The fraction of sp³-hybridized carbons (Fsp3) is 0.676. The molecule has 1 N–H and O–H groups in total. The van der Waals surface area contributed by atoms with E-state index >= 15 is 0 Å². The van der Waals surface area contributed by atoms with Crippen molar-refractivity contribution in [2.45, 2.75) is 113 Å². The Hall–Kier alpha value is -2.57. The Kier molecular flexibility index (Phi) is 12.4. The van der Waals surface area contributed by atoms with Crippen molar-refractivity contribution in [3.8, 4) is 11.5 Å². The lowest BCUT2D eigenvalue weighted by atomic mass is 9.48. The first-order valence-corrected chi connectivity index (χ1v) is 23.1. The second-order valence-electron chi connectivity index (χ2n) is 16.1. The maximum absolute atomic E-state index is 12.4. The third-order valence-corrected chi connectivity index (χ3v) is 15.3. The zero-order chi connectivity index (χ0) is 40.8. The molecule has 8 aliphatic rings. The summed E-state index contributed by atoms with van der Waals surface area (Å²) in [6.45, 7) is 4.00. The van der Waals surface area contributed by atoms with Gasteiger partial charge in [0.1, 0.15) is 11.5 Å². The van der Waals surface area contributed by atoms with Gasteiger partial charge < -0.3 is 9.29 Å². The Morgan fingerprint density at radius 2 is 0.836 bits per heavy atom. The first-order chi connectivity index (χ1) is 25.4. The molecule has 2 aromatic rings. The smallest absolute Gasteiger partial charge is 0.508 e. The number of alkyl halides is 6. The van der Waals surface area contributed by atoms with Gasteiger partial charge in [-0.05, 0) is 159 Å². The average Bonchev–Trinajstić information content (AvgIpc) is 3.03. The van der Waals surface area contributed by atoms with E-state index in [1.54, 1.807) is 12.1 Å². The molecule has 18 heteroatoms. The maximum Gasteiger partial charge on any atom is 0.534 e. The molecule has 8 bridgehead atoms. The third-order valence-electron chi connectivity index (χ3n) is 12.0. The third kappa shape index (κ3) is 9.94. The zero-order valence-corrected chi connectivity index (χ0v) is 33.2. The van der Waals surface area contributed by atoms with Crippen LogP contribution in [0.3, 0.4) is 0 Å². The second-order valence-corrected chi connectivity index (χ2v) is 21.0. The molecule has 0 radical (unpaired) electrons. The molecule has 0 atom stereocenters. The van der Waals surface area contributed by atoms with Crippen LogP contribution in [0.1, 0.15) is 102 Å². The number of phenolic OH excluding ortho intramolecular Hbond substituents is 1. The molecule has 8 saturated carbocycles. The van der Waals surface area contributed by atoms with Crippen LogP contribution in [0.5, 0.6) is 11.5 Å². The van der Waals surface area contributed by atoms with Gasteiger partial charge in [-0.25, -0.2) is 0 Å². The van der Waals surface area contributed by atoms with Crippen LogP contribution in [0.25, 0.3) is 0 Å². The van der Waals surface area contributed by atoms with Gasteiger partial charge in [-0.15, -0.1) is 3.63 Å². The van der Waals surface area contributed by atoms with Gasteiger partial charge in [-0.2, -0.15) is 51.6 Å². The van der Waals surface area contributed by atoms with Crippen molar-refractivity contribution in [1.82, 2.24) is 0 Å². The fourth-order valence-corrected chi connectivity index (χ4v) is 13.1. The Morgan fingerprint density at radius 3 is 1.09 bits per heavy atom. The molecule has 2 aromatic carbocycles. The van der Waals surface area contributed by atoms with Gasteiger partial charge in [-0.3, -0.25) is 0 Å². The SMILES string of the molecule is CC.CS(=O)(=O)OS(=O)(=O)C(F)(F)F.O=S(=O)(Oc1ccc(C23CC4CC(CC(C4)C2)C3)cc1)C(F)(F)F.Oc1ccc(C23CC4CC(CC(C4)C2)C3)cc1. The minimum Gasteiger partial charge on any atom is -0.508 e. The zero-order valence-electron chi connectivity index (χ0n) is 30.8. The van der Waals surface area contributed by atoms with Crippen LogP contribution >= 0.6 is 0 Å². The summed E-state index contributed by atoms with van der Waals surface area (Å²) in [6, 6.07) is 14.3. The van der Waals surface area contributed by atoms with E-state index < -0.39 is 41.4 Å². The first kappa shape index (κ1) is 43.6. The van der Waals surface area contributed by atoms with Crippen LogP contribution in [0.4, 0.5) is 26.3 Å². The molecule has 9 nitrogen and oxygen atoms in total. The standard InChI is InChI=1S/C17H19F3O3S.C16H20O.C2H3F3O5S2.C2H6/c18-17(19,20)24(21,22)23-15-3-1-14(2-4-15)16-8-11-5-12(9-16)7-13(6-11)10-16;17-15-3-1-14(2-4-15)16-8-11-5-12(9-16)7-13(6-11)10-16;1-11(6,7)10-12(8,9)2(3,4)5;1-2/h1-4,11-13H,5-10H2;1-4,11-13,17H,5-10H2;1H3;1-2H3. The summed E-state index contributed by atoms with van der Waals surface area (Å²) in [5.74, 6) is 5.38. The Morgan fingerprint density at radius 1 is 0.545 bits per heavy atom. The van der Waals surface area contributed by atoms with Crippen LogP contribution in [-0.2, 0) is 44.8 Å². The highest BCUT2D eigenvalue weighted by Gasteiger charge is 2.53. The molecule has 10 rings (SSSR count). The predicted octanol–water partition coefficient (Wildman–Crippen LogP) is 9.08. The van der Waals surface area contributed by atoms with Crippen molar-refractivity contribution in [2.75, 3.05) is 6.26 Å². The number of phenols is 1. The number of hydrogen-bond acceptors (Lipinski definition) is 9. The molecular weight excluding hydrogens is 799 g/mol. The molecule has 0 amide bonds. The lowest BCUT2D eigenvalue weighted by Crippen LogP contribution is -2.48. The lowest BCUT2D eigenvalue weighted by Gasteiger charge is -2.57. The van der Waals surface area contributed by atoms with Gasteiger partial charge in [0.05, 0.1) is 6.26 Å². The highest BCUT2D eigenvalue weighted by molar-refractivity contribution is 7.99. The average molecular weight is 847 g/mol. The van der Waals surface area contributed by atoms with Crippen molar-refractivity contribution < 1.29 is 64.5 Å². The number of hydrogen-bond donors (Lipinski definition) is 1. The molecule has 0 aliphatic heterocycles. The Balaban J connectivity index is 0.000000164. The largest absolute Gasteiger partial charge is 0.534 e. The fourth-order valence-electron chi connectivity index (χ4n) is 11.0. The van der Waals surface area contributed by atoms with Crippen molar-refractivity contribution >= 4 is 30.4 Å². The first-order valence-electron chi connectivity index (χ1n) is 18.5. The van der Waals surface area contributed by atoms with Crippen LogP contribution in [0.15, 0.2) is 48.5 Å². The molecule has 0 saturated heterocycles. The van der Waals surface area contributed by atoms with E-state index in [1.807, 2.05) is 26.0 Å². The highest BCUT2D eigenvalue weighted by atomic mass is 32.3. The summed E-state index contributed by atoms with van der Waals surface area (Å²) in [6.07, 6.45) is 16.2. The van der Waals surface area contributed by atoms with E-state index in [0.717, 1.165) is 60.3 Å². The van der Waals surface area contributed by atoms with Crippen molar-refractivity contribution in [2.24, 2.45) is 35.5 Å². The molecule has 0 heterocycles. The second kappa shape index (κ2) is 15.6. The Labute approximate surface area is 319 Å². The van der Waals surface area contributed by atoms with Crippen LogP contribution in [0.2, 0.25) is 0 Å². The molecule has 0 spiro atoms. The van der Waals surface area contributed by atoms with E-state index in [0.29, 0.717) is 11.2 Å². The van der Waals surface area contributed by atoms with Crippen LogP contribution in [-0.4, -0.2) is 47.6 Å². The molecular formula is C37H48F6O9S3. The predicted molar refractivity (Wildman–Crippen MR) is 192 cm³/mol. The van der Waals surface area contributed by atoms with Crippen molar-refractivity contribution in [3.63, 3.8) is 0 Å². The number of aromatic hydroxyl groups is 1. The summed E-state index contributed by atoms with van der Waals surface area (Å²) >= 11 is 0. The minimum atomic E-state index is -6.04. The molecule has 0 unspecified atom stereocenters. The number of benzene rings is 2. The summed E-state index contributed by atoms with van der Waals surface area (Å²) in [5, 5.41) is 9.44. The van der Waals surface area contributed by atoms with E-state index in [2.05, 4.69) is 19.9 Å². The Bertz CT molecular complexity index is 1910. The van der Waals surface area contributed by atoms with Crippen molar-refractivity contribution in [3.05, 3.63) is 59.7 Å². The van der Waals surface area contributed by atoms with E-state index in [9.17, 15) is 56.7 Å². The van der Waals surface area contributed by atoms with Crippen molar-refractivity contribution in [1.29, 1.82) is 0 Å². The monoisotopic (exact) mass is 846 g/mol. The van der Waals surface area contributed by atoms with Gasteiger partial charge in [0.15, 0.2) is 0 Å². The van der Waals surface area contributed by atoms with Gasteiger partial charge in [0, 0.05) is 0 Å². The summed E-state index contributed by atoms with van der Waals surface area (Å²) in [4.78, 5) is 0. The van der Waals surface area contributed by atoms with Gasteiger partial charge in [0.25, 0.3) is 10.1 Å². The maximum atomic E-state index is 12.4. The quantitative estimate of drug-likeness (QED) is 0.171. The highest BCUT2D eigenvalue weighted by Crippen LogP contribution is 2.62. The molecule has 310 valence electrons. The normalized spacial score (nSPS) is 31.9. The van der Waals surface area contributed by atoms with Crippen LogP contribution in [0, 0.1) is 35.5 Å². The molecule has 0 aromatic heterocycles. The van der Waals surface area contributed by atoms with Gasteiger partial charge >= 0.3 is 31.3 Å². The van der Waals surface area contributed by atoms with E-state index in [-0.39, 0.29) is 17.4 Å². The number of halogens is 6. The number of rotatable bonds is 6. The van der Waals surface area contributed by atoms with Gasteiger partial charge in [0.2, 0.25) is 0 Å². The minimum absolute atomic E-state index is 0.121. The molecule has 8 fully saturated rings. The summed E-state index contributed by atoms with van der Waals surface area (Å²) in [7, 11) is -16.3. The van der Waals surface area contributed by atoms with Crippen LogP contribution < -0.4 is 4.18 Å². The van der Waals surface area contributed by atoms with Gasteiger partial charge in [-0.1, -0.05) is 38.1 Å².